The maximum atomic E-state index is 12.8. The Bertz CT molecular complexity index is 777. The number of nitrogens with one attached hydrogen (secondary N) is 1. The summed E-state index contributed by atoms with van der Waals surface area (Å²) in [6.45, 7) is 1.65. The number of rotatable bonds is 3. The molecule has 7 nitrogen and oxygen atoms in total. The molecular weight excluding hydrogens is 344 g/mol. The second kappa shape index (κ2) is 6.79. The molecule has 1 aromatic rings. The third kappa shape index (κ3) is 3.09. The molecule has 0 aromatic heterocycles. The van der Waals surface area contributed by atoms with Crippen molar-refractivity contribution in [2.45, 2.75) is 24.5 Å². The summed E-state index contributed by atoms with van der Waals surface area (Å²) in [4.78, 5) is 53.7. The number of amidine groups is 1. The zero-order chi connectivity index (χ0) is 18.0. The number of ketones is 2. The predicted octanol–water partition coefficient (Wildman–Crippen LogP) is 1.39. The minimum atomic E-state index is -1.54. The molecule has 2 unspecified atom stereocenters. The van der Waals surface area contributed by atoms with E-state index in [9.17, 15) is 19.2 Å². The van der Waals surface area contributed by atoms with Crippen molar-refractivity contribution < 1.29 is 23.9 Å². The summed E-state index contributed by atoms with van der Waals surface area (Å²) in [5, 5.41) is 2.87. The molecule has 25 heavy (non-hydrogen) atoms. The van der Waals surface area contributed by atoms with E-state index in [2.05, 4.69) is 10.3 Å². The van der Waals surface area contributed by atoms with Gasteiger partial charge in [0, 0.05) is 6.42 Å². The zero-order valence-electron chi connectivity index (χ0n) is 13.5. The Morgan fingerprint density at radius 2 is 2.04 bits per heavy atom. The number of para-hydroxylation sites is 1. The minimum absolute atomic E-state index is 0.0335. The summed E-state index contributed by atoms with van der Waals surface area (Å²) >= 11 is 0.966. The van der Waals surface area contributed by atoms with Crippen molar-refractivity contribution in [3.05, 3.63) is 30.3 Å². The van der Waals surface area contributed by atoms with Gasteiger partial charge in [-0.25, -0.2) is 4.99 Å². The SMILES string of the molecule is CCOC(=O)C1C(=O)CCC2(SC(=Nc3ccccc3)NC2=O)C1=O. The molecule has 1 spiro atoms. The molecular formula is C17H16N2O5S. The number of amides is 1. The van der Waals surface area contributed by atoms with Crippen molar-refractivity contribution in [1.82, 2.24) is 5.32 Å². The van der Waals surface area contributed by atoms with E-state index in [-0.39, 0.29) is 24.6 Å². The van der Waals surface area contributed by atoms with E-state index in [0.717, 1.165) is 11.8 Å². The largest absolute Gasteiger partial charge is 0.465 e. The minimum Gasteiger partial charge on any atom is -0.465 e. The summed E-state index contributed by atoms with van der Waals surface area (Å²) in [6, 6.07) is 8.97. The van der Waals surface area contributed by atoms with Crippen LogP contribution in [0.5, 0.6) is 0 Å². The number of thioether (sulfide) groups is 1. The van der Waals surface area contributed by atoms with Crippen molar-refractivity contribution in [2.75, 3.05) is 6.61 Å². The Kier molecular flexibility index (Phi) is 4.71. The van der Waals surface area contributed by atoms with E-state index in [1.807, 2.05) is 6.07 Å². The zero-order valence-corrected chi connectivity index (χ0v) is 14.3. The van der Waals surface area contributed by atoms with Crippen molar-refractivity contribution in [1.29, 1.82) is 0 Å². The summed E-state index contributed by atoms with van der Waals surface area (Å²) < 4.78 is 3.33. The smallest absolute Gasteiger partial charge is 0.324 e. The molecule has 1 saturated heterocycles. The van der Waals surface area contributed by atoms with Crippen LogP contribution in [0.2, 0.25) is 0 Å². The topological polar surface area (TPSA) is 102 Å². The summed E-state index contributed by atoms with van der Waals surface area (Å²) in [7, 11) is 0. The van der Waals surface area contributed by atoms with Gasteiger partial charge in [0.05, 0.1) is 12.3 Å². The Morgan fingerprint density at radius 1 is 1.32 bits per heavy atom. The van der Waals surface area contributed by atoms with Crippen LogP contribution in [-0.4, -0.2) is 40.0 Å². The van der Waals surface area contributed by atoms with E-state index in [1.54, 1.807) is 31.2 Å². The van der Waals surface area contributed by atoms with Gasteiger partial charge in [-0.15, -0.1) is 0 Å². The lowest BCUT2D eigenvalue weighted by molar-refractivity contribution is -0.157. The van der Waals surface area contributed by atoms with Gasteiger partial charge in [0.25, 0.3) is 0 Å². The first-order valence-electron chi connectivity index (χ1n) is 7.86. The molecule has 0 radical (unpaired) electrons. The van der Waals surface area contributed by atoms with E-state index in [4.69, 9.17) is 4.74 Å². The molecule has 130 valence electrons. The summed E-state index contributed by atoms with van der Waals surface area (Å²) in [6.07, 6.45) is 0.0130. The summed E-state index contributed by atoms with van der Waals surface area (Å²) in [5.74, 6) is -4.20. The average molecular weight is 360 g/mol. The number of esters is 1. The number of nitrogens with zero attached hydrogens (tertiary/aromatic N) is 1. The van der Waals surface area contributed by atoms with Crippen molar-refractivity contribution in [2.24, 2.45) is 10.9 Å². The molecule has 3 rings (SSSR count). The quantitative estimate of drug-likeness (QED) is 0.645. The average Bonchev–Trinajstić information content (AvgIpc) is 2.89. The number of carbonyl (C=O) groups excluding carboxylic acids is 4. The molecule has 1 saturated carbocycles. The van der Waals surface area contributed by atoms with Crippen LogP contribution in [-0.2, 0) is 23.9 Å². The van der Waals surface area contributed by atoms with Gasteiger partial charge in [-0.2, -0.15) is 0 Å². The molecule has 1 aromatic carbocycles. The first-order valence-corrected chi connectivity index (χ1v) is 8.67. The maximum Gasteiger partial charge on any atom is 0.324 e. The van der Waals surface area contributed by atoms with E-state index >= 15 is 0 Å². The Morgan fingerprint density at radius 3 is 2.72 bits per heavy atom. The maximum absolute atomic E-state index is 12.8. The molecule has 0 bridgehead atoms. The first-order chi connectivity index (χ1) is 12.0. The highest BCUT2D eigenvalue weighted by Gasteiger charge is 2.60. The predicted molar refractivity (Wildman–Crippen MR) is 91.4 cm³/mol. The highest BCUT2D eigenvalue weighted by molar-refractivity contribution is 8.17. The summed E-state index contributed by atoms with van der Waals surface area (Å²) in [5.41, 5.74) is 0.628. The number of hydrogen-bond donors (Lipinski definition) is 1. The second-order valence-electron chi connectivity index (χ2n) is 5.65. The lowest BCUT2D eigenvalue weighted by atomic mass is 9.78. The highest BCUT2D eigenvalue weighted by atomic mass is 32.2. The van der Waals surface area contributed by atoms with Crippen LogP contribution in [0.25, 0.3) is 0 Å². The van der Waals surface area contributed by atoms with E-state index in [0.29, 0.717) is 5.69 Å². The molecule has 1 aliphatic carbocycles. The first kappa shape index (κ1) is 17.3. The monoisotopic (exact) mass is 360 g/mol. The number of Topliss-reactive ketones (excluding diaryl/α,β-unsaturated/α-hetero) is 2. The van der Waals surface area contributed by atoms with Crippen LogP contribution in [0, 0.1) is 5.92 Å². The lowest BCUT2D eigenvalue weighted by Gasteiger charge is -2.30. The number of carbonyl (C=O) groups is 4. The van der Waals surface area contributed by atoms with Crippen molar-refractivity contribution in [3.8, 4) is 0 Å². The molecule has 8 heteroatoms. The van der Waals surface area contributed by atoms with Crippen molar-refractivity contribution in [3.63, 3.8) is 0 Å². The fraction of sp³-hybridized carbons (Fsp3) is 0.353. The number of benzene rings is 1. The van der Waals surface area contributed by atoms with Gasteiger partial charge < -0.3 is 10.1 Å². The van der Waals surface area contributed by atoms with E-state index in [1.165, 1.54) is 0 Å². The van der Waals surface area contributed by atoms with Gasteiger partial charge in [-0.1, -0.05) is 30.0 Å². The normalized spacial score (nSPS) is 27.6. The third-order valence-corrected chi connectivity index (χ3v) is 5.40. The molecule has 1 N–H and O–H groups in total. The standard InChI is InChI=1S/C17H16N2O5S/c1-2-24-14(22)12-11(20)8-9-17(13(12)21)15(23)19-16(25-17)18-10-6-4-3-5-7-10/h3-7,12H,2,8-9H2,1H3,(H,18,19,23). The number of aliphatic imine (C=N–C) groups is 1. The van der Waals surface area contributed by atoms with Gasteiger partial charge in [-0.05, 0) is 25.5 Å². The van der Waals surface area contributed by atoms with Gasteiger partial charge >= 0.3 is 5.97 Å². The van der Waals surface area contributed by atoms with Crippen LogP contribution in [0.3, 0.4) is 0 Å². The van der Waals surface area contributed by atoms with Crippen molar-refractivity contribution >= 4 is 46.1 Å². The molecule has 1 heterocycles. The Hall–Kier alpha value is -2.48. The lowest BCUT2D eigenvalue weighted by Crippen LogP contribution is -2.54. The van der Waals surface area contributed by atoms with Crippen LogP contribution in [0.1, 0.15) is 19.8 Å². The number of hydrogen-bond acceptors (Lipinski definition) is 7. The van der Waals surface area contributed by atoms with Crippen LogP contribution in [0.4, 0.5) is 5.69 Å². The Labute approximate surface area is 148 Å². The highest BCUT2D eigenvalue weighted by Crippen LogP contribution is 2.43. The molecule has 2 atom stereocenters. The molecule has 1 aliphatic heterocycles. The molecule has 2 fully saturated rings. The second-order valence-corrected chi connectivity index (χ2v) is 6.94. The fourth-order valence-electron chi connectivity index (χ4n) is 2.84. The van der Waals surface area contributed by atoms with E-state index < -0.39 is 34.1 Å². The Balaban J connectivity index is 1.89. The van der Waals surface area contributed by atoms with Gasteiger partial charge in [0.2, 0.25) is 5.91 Å². The number of ether oxygens (including phenoxy) is 1. The van der Waals surface area contributed by atoms with Crippen LogP contribution in [0.15, 0.2) is 35.3 Å². The fourth-order valence-corrected chi connectivity index (χ4v) is 4.03. The molecule has 2 aliphatic rings. The van der Waals surface area contributed by atoms with Gasteiger partial charge in [0.15, 0.2) is 27.4 Å². The van der Waals surface area contributed by atoms with Crippen LogP contribution < -0.4 is 5.32 Å². The molecule has 1 amide bonds. The third-order valence-electron chi connectivity index (χ3n) is 4.07. The van der Waals surface area contributed by atoms with Gasteiger partial charge in [-0.3, -0.25) is 19.2 Å². The van der Waals surface area contributed by atoms with Gasteiger partial charge in [0.1, 0.15) is 0 Å². The van der Waals surface area contributed by atoms with Crippen LogP contribution >= 0.6 is 11.8 Å².